The number of guanidine groups is 1. The van der Waals surface area contributed by atoms with Crippen molar-refractivity contribution in [3.63, 3.8) is 0 Å². The summed E-state index contributed by atoms with van der Waals surface area (Å²) in [4.78, 5) is 8.66. The first-order chi connectivity index (χ1) is 15.1. The van der Waals surface area contributed by atoms with Crippen LogP contribution in [0.1, 0.15) is 11.1 Å². The number of hydrogen-bond donors (Lipinski definition) is 2. The topological polar surface area (TPSA) is 77.0 Å². The minimum atomic E-state index is -2.94. The van der Waals surface area contributed by atoms with Gasteiger partial charge in [0.2, 0.25) is 6.79 Å². The van der Waals surface area contributed by atoms with Crippen molar-refractivity contribution < 1.29 is 23.0 Å². The summed E-state index contributed by atoms with van der Waals surface area (Å²) in [6.45, 7) is -2.05. The number of ether oxygens (including phenoxy) is 3. The van der Waals surface area contributed by atoms with Gasteiger partial charge in [-0.3, -0.25) is 9.98 Å². The lowest BCUT2D eigenvalue weighted by molar-refractivity contribution is -0.0505. The Bertz CT molecular complexity index is 1090. The molecule has 2 N–H and O–H groups in total. The van der Waals surface area contributed by atoms with Crippen LogP contribution < -0.4 is 24.8 Å². The van der Waals surface area contributed by atoms with Crippen LogP contribution in [-0.2, 0) is 13.0 Å². The van der Waals surface area contributed by atoms with E-state index in [1.165, 1.54) is 6.07 Å². The Morgan fingerprint density at radius 3 is 2.69 bits per heavy atom. The summed E-state index contributed by atoms with van der Waals surface area (Å²) in [7, 11) is 1.64. The van der Waals surface area contributed by atoms with Crippen molar-refractivity contribution in [2.75, 3.05) is 20.4 Å². The fourth-order valence-electron chi connectivity index (χ4n) is 3.39. The molecule has 32 heavy (non-hydrogen) atoms. The zero-order valence-corrected chi connectivity index (χ0v) is 19.6. The van der Waals surface area contributed by atoms with E-state index in [1.54, 1.807) is 19.3 Å². The van der Waals surface area contributed by atoms with Gasteiger partial charge in [0.05, 0.1) is 5.52 Å². The van der Waals surface area contributed by atoms with E-state index in [9.17, 15) is 8.78 Å². The molecule has 170 valence electrons. The molecule has 0 bridgehead atoms. The molecular weight excluding hydrogens is 533 g/mol. The number of rotatable bonds is 7. The van der Waals surface area contributed by atoms with Gasteiger partial charge >= 0.3 is 6.61 Å². The molecule has 0 radical (unpaired) electrons. The van der Waals surface area contributed by atoms with Crippen LogP contribution in [0.25, 0.3) is 10.9 Å². The lowest BCUT2D eigenvalue weighted by Crippen LogP contribution is -2.38. The number of halogens is 3. The van der Waals surface area contributed by atoms with Gasteiger partial charge in [0, 0.05) is 43.4 Å². The fourth-order valence-corrected chi connectivity index (χ4v) is 3.39. The molecule has 1 aliphatic heterocycles. The summed E-state index contributed by atoms with van der Waals surface area (Å²) < 4.78 is 40.8. The molecule has 0 amide bonds. The van der Waals surface area contributed by atoms with Crippen LogP contribution in [-0.4, -0.2) is 37.9 Å². The number of nitrogens with zero attached hydrogens (tertiary/aromatic N) is 2. The van der Waals surface area contributed by atoms with Crippen LogP contribution in [0.15, 0.2) is 53.7 Å². The number of aliphatic imine (C=N–C) groups is 1. The van der Waals surface area contributed by atoms with Gasteiger partial charge in [-0.25, -0.2) is 0 Å². The smallest absolute Gasteiger partial charge is 0.387 e. The molecule has 0 saturated heterocycles. The molecule has 0 unspecified atom stereocenters. The van der Waals surface area contributed by atoms with E-state index in [1.807, 2.05) is 30.3 Å². The molecule has 4 rings (SSSR count). The van der Waals surface area contributed by atoms with Gasteiger partial charge in [-0.2, -0.15) is 8.78 Å². The average Bonchev–Trinajstić information content (AvgIpc) is 3.23. The van der Waals surface area contributed by atoms with E-state index in [-0.39, 0.29) is 43.1 Å². The minimum absolute atomic E-state index is 0. The summed E-state index contributed by atoms with van der Waals surface area (Å²) in [5.41, 5.74) is 2.61. The van der Waals surface area contributed by atoms with E-state index in [2.05, 4.69) is 25.3 Å². The molecule has 0 fully saturated rings. The Kier molecular flexibility index (Phi) is 8.26. The normalized spacial score (nSPS) is 12.6. The number of benzene rings is 2. The maximum absolute atomic E-state index is 12.8. The van der Waals surface area contributed by atoms with E-state index in [4.69, 9.17) is 9.47 Å². The first-order valence-electron chi connectivity index (χ1n) is 9.78. The zero-order chi connectivity index (χ0) is 21.6. The third-order valence-electron chi connectivity index (χ3n) is 4.84. The number of fused-ring (bicyclic) bond motifs is 2. The molecule has 1 aliphatic rings. The second-order valence-corrected chi connectivity index (χ2v) is 6.79. The number of hydrogen-bond acceptors (Lipinski definition) is 5. The fraction of sp³-hybridized carbons (Fsp3) is 0.273. The van der Waals surface area contributed by atoms with Crippen LogP contribution in [0.2, 0.25) is 0 Å². The summed E-state index contributed by atoms with van der Waals surface area (Å²) >= 11 is 0. The summed E-state index contributed by atoms with van der Waals surface area (Å²) in [6.07, 6.45) is 2.53. The molecule has 7 nitrogen and oxygen atoms in total. The first-order valence-corrected chi connectivity index (χ1v) is 9.78. The van der Waals surface area contributed by atoms with Crippen molar-refractivity contribution in [1.29, 1.82) is 0 Å². The first kappa shape index (κ1) is 23.8. The highest BCUT2D eigenvalue weighted by atomic mass is 127. The molecule has 0 spiro atoms. The number of pyridine rings is 1. The monoisotopic (exact) mass is 556 g/mol. The van der Waals surface area contributed by atoms with Crippen molar-refractivity contribution >= 4 is 40.8 Å². The molecular formula is C22H23F2IN4O3. The molecule has 2 aromatic carbocycles. The molecule has 0 atom stereocenters. The van der Waals surface area contributed by atoms with E-state index in [0.29, 0.717) is 29.6 Å². The van der Waals surface area contributed by atoms with Crippen LogP contribution in [0, 0.1) is 0 Å². The van der Waals surface area contributed by atoms with Gasteiger partial charge in [-0.15, -0.1) is 24.0 Å². The highest BCUT2D eigenvalue weighted by Gasteiger charge is 2.20. The van der Waals surface area contributed by atoms with Crippen LogP contribution >= 0.6 is 24.0 Å². The van der Waals surface area contributed by atoms with E-state index < -0.39 is 6.61 Å². The van der Waals surface area contributed by atoms with Crippen molar-refractivity contribution in [3.05, 3.63) is 59.8 Å². The standard InChI is InChI=1S/C22H22F2N4O3.HI/c1-25-22(27-9-7-15-5-2-4-14-6-3-8-26-20(14)15)28-12-16-10-18-19(30-13-29-18)11-17(16)31-21(23)24;/h2-6,8,10-11,21H,7,9,12-13H2,1H3,(H2,25,27,28);1H. The van der Waals surface area contributed by atoms with Gasteiger partial charge in [0.15, 0.2) is 17.5 Å². The lowest BCUT2D eigenvalue weighted by Gasteiger charge is -2.15. The van der Waals surface area contributed by atoms with Crippen molar-refractivity contribution in [2.45, 2.75) is 19.6 Å². The van der Waals surface area contributed by atoms with E-state index in [0.717, 1.165) is 22.9 Å². The molecule has 0 aliphatic carbocycles. The number of nitrogens with one attached hydrogen (secondary N) is 2. The summed E-state index contributed by atoms with van der Waals surface area (Å²) in [6, 6.07) is 13.1. The Balaban J connectivity index is 0.00000289. The van der Waals surface area contributed by atoms with Crippen molar-refractivity contribution in [3.8, 4) is 17.2 Å². The van der Waals surface area contributed by atoms with Crippen LogP contribution in [0.5, 0.6) is 17.2 Å². The zero-order valence-electron chi connectivity index (χ0n) is 17.3. The van der Waals surface area contributed by atoms with Gasteiger partial charge in [-0.05, 0) is 24.1 Å². The van der Waals surface area contributed by atoms with Crippen molar-refractivity contribution in [1.82, 2.24) is 15.6 Å². The molecule has 1 aromatic heterocycles. The molecule has 2 heterocycles. The lowest BCUT2D eigenvalue weighted by atomic mass is 10.1. The molecule has 0 saturated carbocycles. The third kappa shape index (κ3) is 5.67. The van der Waals surface area contributed by atoms with Crippen molar-refractivity contribution in [2.24, 2.45) is 4.99 Å². The Morgan fingerprint density at radius 1 is 1.12 bits per heavy atom. The molecule has 10 heteroatoms. The minimum Gasteiger partial charge on any atom is -0.454 e. The van der Waals surface area contributed by atoms with E-state index >= 15 is 0 Å². The SMILES string of the molecule is CN=C(NCCc1cccc2cccnc12)NCc1cc2c(cc1OC(F)F)OCO2.I. The Morgan fingerprint density at radius 2 is 1.91 bits per heavy atom. The summed E-state index contributed by atoms with van der Waals surface area (Å²) in [5, 5.41) is 7.44. The predicted molar refractivity (Wildman–Crippen MR) is 128 cm³/mol. The van der Waals surface area contributed by atoms with Gasteiger partial charge < -0.3 is 24.8 Å². The van der Waals surface area contributed by atoms with Crippen LogP contribution in [0.4, 0.5) is 8.78 Å². The maximum atomic E-state index is 12.8. The maximum Gasteiger partial charge on any atom is 0.387 e. The molecule has 3 aromatic rings. The number of alkyl halides is 2. The largest absolute Gasteiger partial charge is 0.454 e. The highest BCUT2D eigenvalue weighted by molar-refractivity contribution is 14.0. The highest BCUT2D eigenvalue weighted by Crippen LogP contribution is 2.38. The van der Waals surface area contributed by atoms with Gasteiger partial charge in [0.1, 0.15) is 5.75 Å². The second kappa shape index (κ2) is 11.1. The predicted octanol–water partition coefficient (Wildman–Crippen LogP) is 4.09. The average molecular weight is 556 g/mol. The number of aromatic nitrogens is 1. The van der Waals surface area contributed by atoms with Gasteiger partial charge in [0.25, 0.3) is 0 Å². The second-order valence-electron chi connectivity index (χ2n) is 6.79. The summed E-state index contributed by atoms with van der Waals surface area (Å²) in [5.74, 6) is 1.44. The van der Waals surface area contributed by atoms with Gasteiger partial charge in [-0.1, -0.05) is 24.3 Å². The third-order valence-corrected chi connectivity index (χ3v) is 4.84. The Hall–Kier alpha value is -2.89. The Labute approximate surface area is 201 Å². The van der Waals surface area contributed by atoms with Crippen LogP contribution in [0.3, 0.4) is 0 Å². The number of para-hydroxylation sites is 1. The quantitative estimate of drug-likeness (QED) is 0.260.